The molecule has 1 aromatic carbocycles. The summed E-state index contributed by atoms with van der Waals surface area (Å²) in [4.78, 5) is 0. The Morgan fingerprint density at radius 2 is 2.05 bits per heavy atom. The molecule has 0 aliphatic rings. The molecule has 0 saturated heterocycles. The highest BCUT2D eigenvalue weighted by Gasteiger charge is 2.21. The molecule has 0 amide bonds. The van der Waals surface area contributed by atoms with Gasteiger partial charge in [0.15, 0.2) is 0 Å². The van der Waals surface area contributed by atoms with Gasteiger partial charge in [-0.2, -0.15) is 0 Å². The molecule has 1 aromatic heterocycles. The van der Waals surface area contributed by atoms with Gasteiger partial charge in [-0.1, -0.05) is 31.5 Å². The first kappa shape index (κ1) is 15.5. The van der Waals surface area contributed by atoms with Gasteiger partial charge in [-0.25, -0.2) is 0 Å². The van der Waals surface area contributed by atoms with Gasteiger partial charge in [-0.3, -0.25) is 0 Å². The molecule has 3 heteroatoms. The van der Waals surface area contributed by atoms with E-state index in [1.54, 1.807) is 0 Å². The average molecular weight is 291 g/mol. The van der Waals surface area contributed by atoms with Crippen molar-refractivity contribution in [3.63, 3.8) is 0 Å². The molecule has 0 fully saturated rings. The number of rotatable bonds is 8. The second-order valence-electron chi connectivity index (χ2n) is 5.14. The Kier molecular flexibility index (Phi) is 6.02. The highest BCUT2D eigenvalue weighted by atomic mass is 32.1. The Bertz CT molecular complexity index is 516. The molecule has 0 spiro atoms. The maximum absolute atomic E-state index is 5.94. The van der Waals surface area contributed by atoms with Gasteiger partial charge in [0, 0.05) is 17.3 Å². The molecule has 2 atom stereocenters. The normalized spacial score (nSPS) is 14.6. The van der Waals surface area contributed by atoms with Crippen molar-refractivity contribution >= 4 is 21.4 Å². The predicted octanol–water partition coefficient (Wildman–Crippen LogP) is 4.24. The van der Waals surface area contributed by atoms with Gasteiger partial charge < -0.3 is 10.1 Å². The van der Waals surface area contributed by atoms with Gasteiger partial charge in [0.05, 0.1) is 6.10 Å². The minimum atomic E-state index is 0.300. The molecule has 2 unspecified atom stereocenters. The largest absolute Gasteiger partial charge is 0.377 e. The lowest BCUT2D eigenvalue weighted by Gasteiger charge is -2.26. The van der Waals surface area contributed by atoms with Crippen molar-refractivity contribution in [3.8, 4) is 0 Å². The van der Waals surface area contributed by atoms with Crippen molar-refractivity contribution in [2.45, 2.75) is 45.3 Å². The summed E-state index contributed by atoms with van der Waals surface area (Å²) < 4.78 is 7.31. The van der Waals surface area contributed by atoms with Crippen molar-refractivity contribution in [2.75, 3.05) is 13.7 Å². The summed E-state index contributed by atoms with van der Waals surface area (Å²) in [6, 6.07) is 9.04. The van der Waals surface area contributed by atoms with E-state index in [1.165, 1.54) is 15.6 Å². The van der Waals surface area contributed by atoms with E-state index in [0.29, 0.717) is 12.1 Å². The van der Waals surface area contributed by atoms with Crippen molar-refractivity contribution in [2.24, 2.45) is 0 Å². The molecule has 2 aromatic rings. The molecule has 0 saturated carbocycles. The van der Waals surface area contributed by atoms with Crippen LogP contribution in [0.5, 0.6) is 0 Å². The van der Waals surface area contributed by atoms with Crippen molar-refractivity contribution in [3.05, 3.63) is 35.2 Å². The second-order valence-corrected chi connectivity index (χ2v) is 6.05. The number of benzene rings is 1. The molecule has 2 nitrogen and oxygen atoms in total. The van der Waals surface area contributed by atoms with Gasteiger partial charge >= 0.3 is 0 Å². The SMILES string of the molecule is CCCC(OCC)C(Cc1csc2ccccc12)NC. The number of ether oxygens (including phenoxy) is 1. The zero-order valence-corrected chi connectivity index (χ0v) is 13.5. The summed E-state index contributed by atoms with van der Waals surface area (Å²) >= 11 is 1.84. The fourth-order valence-electron chi connectivity index (χ4n) is 2.75. The Labute approximate surface area is 126 Å². The van der Waals surface area contributed by atoms with Crippen LogP contribution in [0.15, 0.2) is 29.6 Å². The minimum Gasteiger partial charge on any atom is -0.377 e. The summed E-state index contributed by atoms with van der Waals surface area (Å²) in [7, 11) is 2.04. The smallest absolute Gasteiger partial charge is 0.0730 e. The van der Waals surface area contributed by atoms with E-state index in [1.807, 2.05) is 18.4 Å². The van der Waals surface area contributed by atoms with Crippen LogP contribution in [0.2, 0.25) is 0 Å². The van der Waals surface area contributed by atoms with E-state index in [-0.39, 0.29) is 0 Å². The second kappa shape index (κ2) is 7.77. The molecule has 0 aliphatic heterocycles. The number of fused-ring (bicyclic) bond motifs is 1. The van der Waals surface area contributed by atoms with E-state index in [4.69, 9.17) is 4.74 Å². The van der Waals surface area contributed by atoms with Crippen LogP contribution in [0.3, 0.4) is 0 Å². The lowest BCUT2D eigenvalue weighted by Crippen LogP contribution is -2.41. The average Bonchev–Trinajstić information content (AvgIpc) is 2.88. The van der Waals surface area contributed by atoms with Crippen LogP contribution in [-0.4, -0.2) is 25.8 Å². The topological polar surface area (TPSA) is 21.3 Å². The summed E-state index contributed by atoms with van der Waals surface area (Å²) in [5.74, 6) is 0. The molecule has 0 aliphatic carbocycles. The molecular formula is C17H25NOS. The molecule has 0 radical (unpaired) electrons. The van der Waals surface area contributed by atoms with Crippen LogP contribution in [0.25, 0.3) is 10.1 Å². The van der Waals surface area contributed by atoms with Crippen LogP contribution in [-0.2, 0) is 11.2 Å². The first-order valence-corrected chi connectivity index (χ1v) is 8.42. The highest BCUT2D eigenvalue weighted by Crippen LogP contribution is 2.27. The Hall–Kier alpha value is -0.900. The summed E-state index contributed by atoms with van der Waals surface area (Å²) in [6.07, 6.45) is 3.61. The van der Waals surface area contributed by atoms with Gasteiger partial charge in [0.1, 0.15) is 0 Å². The van der Waals surface area contributed by atoms with Crippen LogP contribution >= 0.6 is 11.3 Å². The molecule has 1 heterocycles. The first-order valence-electron chi connectivity index (χ1n) is 7.54. The highest BCUT2D eigenvalue weighted by molar-refractivity contribution is 7.17. The van der Waals surface area contributed by atoms with Crippen LogP contribution < -0.4 is 5.32 Å². The van der Waals surface area contributed by atoms with E-state index in [9.17, 15) is 0 Å². The third-order valence-corrected chi connectivity index (χ3v) is 4.79. The Morgan fingerprint density at radius 1 is 1.25 bits per heavy atom. The van der Waals surface area contributed by atoms with Gasteiger partial charge in [-0.15, -0.1) is 11.3 Å². The first-order chi connectivity index (χ1) is 9.80. The van der Waals surface area contributed by atoms with E-state index in [2.05, 4.69) is 48.8 Å². The number of likely N-dealkylation sites (N-methyl/N-ethyl adjacent to an activating group) is 1. The van der Waals surface area contributed by atoms with Crippen LogP contribution in [0, 0.1) is 0 Å². The maximum atomic E-state index is 5.94. The van der Waals surface area contributed by atoms with Crippen molar-refractivity contribution in [1.29, 1.82) is 0 Å². The fraction of sp³-hybridized carbons (Fsp3) is 0.529. The predicted molar refractivity (Wildman–Crippen MR) is 88.7 cm³/mol. The zero-order chi connectivity index (χ0) is 14.4. The molecule has 1 N–H and O–H groups in total. The van der Waals surface area contributed by atoms with Crippen LogP contribution in [0.4, 0.5) is 0 Å². The van der Waals surface area contributed by atoms with Crippen molar-refractivity contribution < 1.29 is 4.74 Å². The number of nitrogens with one attached hydrogen (secondary N) is 1. The fourth-order valence-corrected chi connectivity index (χ4v) is 3.72. The molecule has 20 heavy (non-hydrogen) atoms. The maximum Gasteiger partial charge on any atom is 0.0730 e. The van der Waals surface area contributed by atoms with E-state index >= 15 is 0 Å². The van der Waals surface area contributed by atoms with Crippen LogP contribution in [0.1, 0.15) is 32.3 Å². The third-order valence-electron chi connectivity index (χ3n) is 3.77. The minimum absolute atomic E-state index is 0.300. The lowest BCUT2D eigenvalue weighted by atomic mass is 9.98. The summed E-state index contributed by atoms with van der Waals surface area (Å²) in [5, 5.41) is 7.14. The third kappa shape index (κ3) is 3.60. The zero-order valence-electron chi connectivity index (χ0n) is 12.7. The molecule has 2 rings (SSSR count). The summed E-state index contributed by atoms with van der Waals surface area (Å²) in [5.41, 5.74) is 1.44. The Balaban J connectivity index is 2.16. The van der Waals surface area contributed by atoms with E-state index < -0.39 is 0 Å². The quantitative estimate of drug-likeness (QED) is 0.785. The number of hydrogen-bond acceptors (Lipinski definition) is 3. The monoisotopic (exact) mass is 291 g/mol. The van der Waals surface area contributed by atoms with Crippen molar-refractivity contribution in [1.82, 2.24) is 5.32 Å². The molecule has 0 bridgehead atoms. The number of hydrogen-bond donors (Lipinski definition) is 1. The summed E-state index contributed by atoms with van der Waals surface area (Å²) in [6.45, 7) is 5.08. The lowest BCUT2D eigenvalue weighted by molar-refractivity contribution is 0.0302. The van der Waals surface area contributed by atoms with Gasteiger partial charge in [0.25, 0.3) is 0 Å². The van der Waals surface area contributed by atoms with E-state index in [0.717, 1.165) is 25.9 Å². The Morgan fingerprint density at radius 3 is 2.75 bits per heavy atom. The molecular weight excluding hydrogens is 266 g/mol. The standard InChI is InChI=1S/C17H25NOS/c1-4-8-16(19-5-2)15(18-3)11-13-12-20-17-10-7-6-9-14(13)17/h6-7,9-10,12,15-16,18H,4-5,8,11H2,1-3H3. The number of thiophene rings is 1. The van der Waals surface area contributed by atoms with Gasteiger partial charge in [-0.05, 0) is 49.2 Å². The molecule has 110 valence electrons. The van der Waals surface area contributed by atoms with Gasteiger partial charge in [0.2, 0.25) is 0 Å².